The molecule has 1 aliphatic heterocycles. The Bertz CT molecular complexity index is 478. The van der Waals surface area contributed by atoms with Gasteiger partial charge in [0.25, 0.3) is 0 Å². The molecule has 0 aliphatic carbocycles. The number of nitrogens with zero attached hydrogens (tertiary/aromatic N) is 2. The summed E-state index contributed by atoms with van der Waals surface area (Å²) in [6, 6.07) is 6.12. The summed E-state index contributed by atoms with van der Waals surface area (Å²) in [5.74, 6) is 0.174. The van der Waals surface area contributed by atoms with Crippen LogP contribution in [0.4, 0.5) is 5.69 Å². The number of nitrogens with one attached hydrogen (secondary N) is 1. The minimum Gasteiger partial charge on any atom is -0.356 e. The molecule has 0 aromatic heterocycles. The van der Waals surface area contributed by atoms with Gasteiger partial charge in [-0.15, -0.1) is 0 Å². The van der Waals surface area contributed by atoms with E-state index in [-0.39, 0.29) is 11.9 Å². The number of carbonyl (C=O) groups is 1. The second-order valence-electron chi connectivity index (χ2n) is 4.98. The van der Waals surface area contributed by atoms with Crippen LogP contribution in [0.25, 0.3) is 0 Å². The van der Waals surface area contributed by atoms with Crippen molar-refractivity contribution in [2.24, 2.45) is 0 Å². The molecule has 1 atom stereocenters. The zero-order valence-corrected chi connectivity index (χ0v) is 13.2. The van der Waals surface area contributed by atoms with Crippen LogP contribution in [-0.4, -0.2) is 50.6 Å². The van der Waals surface area contributed by atoms with Crippen LogP contribution in [0.1, 0.15) is 5.56 Å². The van der Waals surface area contributed by atoms with Crippen molar-refractivity contribution in [2.75, 3.05) is 38.6 Å². The van der Waals surface area contributed by atoms with Crippen LogP contribution in [0.15, 0.2) is 22.7 Å². The second-order valence-corrected chi connectivity index (χ2v) is 5.84. The topological polar surface area (TPSA) is 35.6 Å². The van der Waals surface area contributed by atoms with Crippen molar-refractivity contribution in [3.8, 4) is 0 Å². The lowest BCUT2D eigenvalue weighted by Gasteiger charge is -2.41. The summed E-state index contributed by atoms with van der Waals surface area (Å²) in [4.78, 5) is 16.3. The molecule has 1 aromatic carbocycles. The van der Waals surface area contributed by atoms with Gasteiger partial charge in [0, 0.05) is 31.2 Å². The zero-order chi connectivity index (χ0) is 14.0. The van der Waals surface area contributed by atoms with E-state index in [9.17, 15) is 4.79 Å². The number of carbonyl (C=O) groups excluding carboxylic acids is 1. The lowest BCUT2D eigenvalue weighted by Crippen LogP contribution is -2.59. The first-order chi connectivity index (χ1) is 9.04. The average Bonchev–Trinajstić information content (AvgIpc) is 2.36. The number of rotatable bonds is 3. The Morgan fingerprint density at radius 2 is 2.16 bits per heavy atom. The number of halogens is 1. The molecular formula is C14H20BrN3O. The molecule has 1 fully saturated rings. The number of benzene rings is 1. The molecule has 104 valence electrons. The zero-order valence-electron chi connectivity index (χ0n) is 11.6. The molecule has 1 saturated heterocycles. The van der Waals surface area contributed by atoms with Gasteiger partial charge in [0.05, 0.1) is 5.69 Å². The fraction of sp³-hybridized carbons (Fsp3) is 0.500. The summed E-state index contributed by atoms with van der Waals surface area (Å²) >= 11 is 3.61. The van der Waals surface area contributed by atoms with Gasteiger partial charge in [-0.1, -0.05) is 6.07 Å². The first kappa shape index (κ1) is 14.3. The van der Waals surface area contributed by atoms with Crippen molar-refractivity contribution < 1.29 is 4.79 Å². The standard InChI is InChI=1S/C14H20BrN3O/c1-10-4-5-12(11(15)8-10)18-7-6-17(3)14(19)13(18)9-16-2/h4-5,8,13,16H,6-7,9H2,1-3H3. The minimum atomic E-state index is -0.136. The molecule has 4 nitrogen and oxygen atoms in total. The normalized spacial score (nSPS) is 20.0. The van der Waals surface area contributed by atoms with Crippen LogP contribution >= 0.6 is 15.9 Å². The highest BCUT2D eigenvalue weighted by Gasteiger charge is 2.33. The summed E-state index contributed by atoms with van der Waals surface area (Å²) in [6.45, 7) is 4.34. The third-order valence-electron chi connectivity index (χ3n) is 3.52. The number of hydrogen-bond acceptors (Lipinski definition) is 3. The summed E-state index contributed by atoms with van der Waals surface area (Å²) in [5.41, 5.74) is 2.30. The Kier molecular flexibility index (Phi) is 4.47. The number of amides is 1. The van der Waals surface area contributed by atoms with E-state index >= 15 is 0 Å². The van der Waals surface area contributed by atoms with Crippen molar-refractivity contribution in [3.05, 3.63) is 28.2 Å². The predicted octanol–water partition coefficient (Wildman–Crippen LogP) is 1.62. The van der Waals surface area contributed by atoms with Crippen LogP contribution in [0.3, 0.4) is 0 Å². The molecule has 1 aromatic rings. The second kappa shape index (κ2) is 5.92. The number of likely N-dealkylation sites (N-methyl/N-ethyl adjacent to an activating group) is 2. The van der Waals surface area contributed by atoms with Gasteiger partial charge in [-0.05, 0) is 47.6 Å². The van der Waals surface area contributed by atoms with E-state index in [1.165, 1.54) is 5.56 Å². The molecule has 0 bridgehead atoms. The lowest BCUT2D eigenvalue weighted by molar-refractivity contribution is -0.132. The summed E-state index contributed by atoms with van der Waals surface area (Å²) in [7, 11) is 3.75. The molecule has 0 radical (unpaired) electrons. The molecular weight excluding hydrogens is 306 g/mol. The molecule has 0 spiro atoms. The van der Waals surface area contributed by atoms with Crippen LogP contribution in [0.5, 0.6) is 0 Å². The Morgan fingerprint density at radius 1 is 1.42 bits per heavy atom. The largest absolute Gasteiger partial charge is 0.356 e. The van der Waals surface area contributed by atoms with Gasteiger partial charge < -0.3 is 15.1 Å². The lowest BCUT2D eigenvalue weighted by atomic mass is 10.1. The summed E-state index contributed by atoms with van der Waals surface area (Å²) in [5, 5.41) is 3.11. The van der Waals surface area contributed by atoms with E-state index in [1.807, 2.05) is 14.1 Å². The van der Waals surface area contributed by atoms with E-state index in [0.29, 0.717) is 6.54 Å². The van der Waals surface area contributed by atoms with Gasteiger partial charge >= 0.3 is 0 Å². The monoisotopic (exact) mass is 325 g/mol. The molecule has 1 aliphatic rings. The van der Waals surface area contributed by atoms with Crippen molar-refractivity contribution in [2.45, 2.75) is 13.0 Å². The molecule has 1 heterocycles. The highest BCUT2D eigenvalue weighted by Crippen LogP contribution is 2.30. The number of anilines is 1. The number of hydrogen-bond donors (Lipinski definition) is 1. The van der Waals surface area contributed by atoms with Crippen molar-refractivity contribution in [1.82, 2.24) is 10.2 Å². The quantitative estimate of drug-likeness (QED) is 0.917. The molecule has 2 rings (SSSR count). The van der Waals surface area contributed by atoms with Crippen molar-refractivity contribution in [3.63, 3.8) is 0 Å². The first-order valence-corrected chi connectivity index (χ1v) is 7.26. The Morgan fingerprint density at radius 3 is 2.79 bits per heavy atom. The van der Waals surface area contributed by atoms with E-state index in [4.69, 9.17) is 0 Å². The predicted molar refractivity (Wildman–Crippen MR) is 81.6 cm³/mol. The maximum atomic E-state index is 12.3. The van der Waals surface area contributed by atoms with Gasteiger partial charge in [-0.3, -0.25) is 4.79 Å². The van der Waals surface area contributed by atoms with Crippen LogP contribution in [0.2, 0.25) is 0 Å². The van der Waals surface area contributed by atoms with Gasteiger partial charge in [0.1, 0.15) is 6.04 Å². The fourth-order valence-corrected chi connectivity index (χ4v) is 3.16. The maximum Gasteiger partial charge on any atom is 0.246 e. The van der Waals surface area contributed by atoms with Crippen molar-refractivity contribution in [1.29, 1.82) is 0 Å². The highest BCUT2D eigenvalue weighted by atomic mass is 79.9. The fourth-order valence-electron chi connectivity index (χ4n) is 2.44. The van der Waals surface area contributed by atoms with E-state index in [1.54, 1.807) is 4.90 Å². The molecule has 1 N–H and O–H groups in total. The number of piperazine rings is 1. The first-order valence-electron chi connectivity index (χ1n) is 6.47. The average molecular weight is 326 g/mol. The van der Waals surface area contributed by atoms with E-state index in [0.717, 1.165) is 23.2 Å². The molecule has 5 heteroatoms. The number of aryl methyl sites for hydroxylation is 1. The molecule has 1 amide bonds. The van der Waals surface area contributed by atoms with Crippen LogP contribution in [-0.2, 0) is 4.79 Å². The summed E-state index contributed by atoms with van der Waals surface area (Å²) < 4.78 is 1.05. The Balaban J connectivity index is 2.32. The van der Waals surface area contributed by atoms with Crippen LogP contribution < -0.4 is 10.2 Å². The molecule has 1 unspecified atom stereocenters. The third-order valence-corrected chi connectivity index (χ3v) is 4.16. The molecule has 19 heavy (non-hydrogen) atoms. The van der Waals surface area contributed by atoms with Gasteiger partial charge in [0.15, 0.2) is 0 Å². The van der Waals surface area contributed by atoms with E-state index in [2.05, 4.69) is 51.3 Å². The minimum absolute atomic E-state index is 0.136. The maximum absolute atomic E-state index is 12.3. The van der Waals surface area contributed by atoms with Gasteiger partial charge in [0.2, 0.25) is 5.91 Å². The SMILES string of the molecule is CNCC1C(=O)N(C)CCN1c1ccc(C)cc1Br. The van der Waals surface area contributed by atoms with Crippen LogP contribution in [0, 0.1) is 6.92 Å². The smallest absolute Gasteiger partial charge is 0.246 e. The van der Waals surface area contributed by atoms with Gasteiger partial charge in [-0.25, -0.2) is 0 Å². The Labute approximate surface area is 122 Å². The van der Waals surface area contributed by atoms with Crippen molar-refractivity contribution >= 4 is 27.5 Å². The molecule has 0 saturated carbocycles. The van der Waals surface area contributed by atoms with E-state index < -0.39 is 0 Å². The highest BCUT2D eigenvalue weighted by molar-refractivity contribution is 9.10. The van der Waals surface area contributed by atoms with Gasteiger partial charge in [-0.2, -0.15) is 0 Å². The summed E-state index contributed by atoms with van der Waals surface area (Å²) in [6.07, 6.45) is 0. The Hall–Kier alpha value is -1.07. The third kappa shape index (κ3) is 2.92.